The second kappa shape index (κ2) is 14.5. The van der Waals surface area contributed by atoms with Gasteiger partial charge in [-0.1, -0.05) is 122 Å². The molecule has 3 heteroatoms. The minimum Gasteiger partial charge on any atom is -0.252 e. The van der Waals surface area contributed by atoms with Gasteiger partial charge in [0.15, 0.2) is 0 Å². The van der Waals surface area contributed by atoms with Crippen LogP contribution in [0.25, 0.3) is 11.1 Å². The molecule has 0 aliphatic heterocycles. The third-order valence-electron chi connectivity index (χ3n) is 7.16. The number of aromatic nitrogens is 2. The molecule has 0 amide bonds. The highest BCUT2D eigenvalue weighted by Crippen LogP contribution is 2.25. The number of hydrogen-bond donors (Lipinski definition) is 0. The first-order valence-electron chi connectivity index (χ1n) is 13.5. The van der Waals surface area contributed by atoms with Crippen LogP contribution in [-0.2, 0) is 0 Å². The molecule has 0 N–H and O–H groups in total. The van der Waals surface area contributed by atoms with Crippen molar-refractivity contribution in [1.29, 1.82) is 0 Å². The van der Waals surface area contributed by atoms with Crippen molar-refractivity contribution in [2.75, 3.05) is 0 Å². The van der Waals surface area contributed by atoms with Crippen molar-refractivity contribution in [3.63, 3.8) is 0 Å². The normalized spacial score (nSPS) is 15.5. The van der Waals surface area contributed by atoms with Crippen LogP contribution in [0.5, 0.6) is 0 Å². The van der Waals surface area contributed by atoms with Crippen LogP contribution in [0.3, 0.4) is 0 Å². The highest BCUT2D eigenvalue weighted by molar-refractivity contribution is 7.26. The number of aryl methyl sites for hydroxylation is 1. The fourth-order valence-corrected chi connectivity index (χ4v) is 3.30. The molecule has 0 aliphatic carbocycles. The van der Waals surface area contributed by atoms with E-state index in [1.54, 1.807) is 0 Å². The summed E-state index contributed by atoms with van der Waals surface area (Å²) in [4.78, 5) is 9.61. The molecule has 1 heterocycles. The largest absolute Gasteiger partial charge is 0.252 e. The van der Waals surface area contributed by atoms with Crippen molar-refractivity contribution in [3.8, 4) is 0 Å². The summed E-state index contributed by atoms with van der Waals surface area (Å²) in [6.07, 6.45) is 10.7. The Morgan fingerprint density at radius 2 is 1.08 bits per heavy atom. The first-order chi connectivity index (χ1) is 17.4. The van der Waals surface area contributed by atoms with Crippen LogP contribution in [0.1, 0.15) is 88.6 Å². The Kier molecular flexibility index (Phi) is 12.8. The summed E-state index contributed by atoms with van der Waals surface area (Å²) < 4.78 is 0. The van der Waals surface area contributed by atoms with Crippen molar-refractivity contribution in [3.05, 3.63) is 99.4 Å². The lowest BCUT2D eigenvalue weighted by Crippen LogP contribution is -2.38. The monoisotopic (exact) mass is 530 g/mol. The van der Waals surface area contributed by atoms with Crippen molar-refractivity contribution in [2.45, 2.75) is 90.0 Å². The molecule has 0 radical (unpaired) electrons. The van der Waals surface area contributed by atoms with E-state index in [4.69, 9.17) is 9.97 Å². The van der Waals surface area contributed by atoms with Gasteiger partial charge >= 0.3 is 0 Å². The Morgan fingerprint density at radius 1 is 0.658 bits per heavy atom. The summed E-state index contributed by atoms with van der Waals surface area (Å²) in [6, 6.07) is 10.3. The summed E-state index contributed by atoms with van der Waals surface area (Å²) in [5.74, 6) is 0. The van der Waals surface area contributed by atoms with Gasteiger partial charge in [0.05, 0.1) is 22.3 Å². The maximum atomic E-state index is 4.85. The minimum absolute atomic E-state index is 0.167. The van der Waals surface area contributed by atoms with Gasteiger partial charge in [0, 0.05) is 0 Å². The van der Waals surface area contributed by atoms with Crippen LogP contribution in [-0.4, -0.2) is 9.97 Å². The highest BCUT2D eigenvalue weighted by atomic mass is 31.0. The quantitative estimate of drug-likeness (QED) is 0.294. The maximum absolute atomic E-state index is 4.85. The molecule has 1 atom stereocenters. The fraction of sp³-hybridized carbons (Fsp3) is 0.429. The zero-order chi connectivity index (χ0) is 29.3. The lowest BCUT2D eigenvalue weighted by atomic mass is 9.87. The van der Waals surface area contributed by atoms with E-state index in [0.717, 1.165) is 27.3 Å². The second-order valence-electron chi connectivity index (χ2n) is 12.3. The molecule has 2 rings (SSSR count). The summed E-state index contributed by atoms with van der Waals surface area (Å²) in [5, 5.41) is 1.90. The van der Waals surface area contributed by atoms with Crippen molar-refractivity contribution in [1.82, 2.24) is 9.97 Å². The van der Waals surface area contributed by atoms with Crippen LogP contribution in [0.15, 0.2) is 83.1 Å². The first-order valence-corrected chi connectivity index (χ1v) is 14.1. The Hall–Kier alpha value is -2.57. The number of allylic oxidation sites excluding steroid dienone is 8. The topological polar surface area (TPSA) is 25.8 Å². The zero-order valence-electron chi connectivity index (χ0n) is 26.2. The molecule has 2 nitrogen and oxygen atoms in total. The molecule has 0 fully saturated rings. The van der Waals surface area contributed by atoms with Gasteiger partial charge in [-0.2, -0.15) is 0 Å². The molecule has 38 heavy (non-hydrogen) atoms. The van der Waals surface area contributed by atoms with E-state index in [-0.39, 0.29) is 10.8 Å². The average molecular weight is 531 g/mol. The van der Waals surface area contributed by atoms with E-state index in [1.807, 2.05) is 24.4 Å². The summed E-state index contributed by atoms with van der Waals surface area (Å²) >= 11 is 0. The van der Waals surface area contributed by atoms with Crippen LogP contribution in [0.2, 0.25) is 0 Å². The third-order valence-corrected chi connectivity index (χ3v) is 7.44. The molecular formula is C35H51N2P. The van der Waals surface area contributed by atoms with E-state index >= 15 is 0 Å². The first kappa shape index (κ1) is 33.5. The molecule has 0 bridgehead atoms. The van der Waals surface area contributed by atoms with Crippen molar-refractivity contribution >= 4 is 25.8 Å². The highest BCUT2D eigenvalue weighted by Gasteiger charge is 2.12. The van der Waals surface area contributed by atoms with Gasteiger partial charge < -0.3 is 0 Å². The number of hydrogen-bond acceptors (Lipinski definition) is 2. The zero-order valence-corrected chi connectivity index (χ0v) is 27.4. The SMILES string of the molecule is CC(/C(C)=C/C=C(\C)C(C)(C)C)=c1/ncc(P)n/c1=C(C)\C(C)=C\C=C(/C)C(C)(C)C.Cc1ccccc1. The van der Waals surface area contributed by atoms with E-state index in [1.165, 1.54) is 27.9 Å². The molecule has 0 saturated heterocycles. The smallest absolute Gasteiger partial charge is 0.0928 e. The molecule has 206 valence electrons. The van der Waals surface area contributed by atoms with Gasteiger partial charge in [-0.05, 0) is 81.6 Å². The van der Waals surface area contributed by atoms with Gasteiger partial charge in [0.1, 0.15) is 0 Å². The third kappa shape index (κ3) is 11.0. The Labute approximate surface area is 235 Å². The summed E-state index contributed by atoms with van der Waals surface area (Å²) in [7, 11) is 2.67. The predicted molar refractivity (Wildman–Crippen MR) is 174 cm³/mol. The Bertz CT molecular complexity index is 1320. The number of nitrogens with zero attached hydrogens (tertiary/aromatic N) is 2. The number of benzene rings is 1. The Morgan fingerprint density at radius 3 is 1.45 bits per heavy atom. The van der Waals surface area contributed by atoms with Crippen LogP contribution in [0.4, 0.5) is 0 Å². The predicted octanol–water partition coefficient (Wildman–Crippen LogP) is 8.19. The molecule has 1 unspecified atom stereocenters. The van der Waals surface area contributed by atoms with Gasteiger partial charge in [0.25, 0.3) is 0 Å². The summed E-state index contributed by atoms with van der Waals surface area (Å²) in [6.45, 7) is 28.5. The maximum Gasteiger partial charge on any atom is 0.0928 e. The molecule has 0 saturated carbocycles. The molecule has 1 aromatic carbocycles. The van der Waals surface area contributed by atoms with E-state index < -0.39 is 0 Å². The van der Waals surface area contributed by atoms with Crippen molar-refractivity contribution in [2.24, 2.45) is 10.8 Å². The number of rotatable bonds is 4. The van der Waals surface area contributed by atoms with Crippen LogP contribution < -0.4 is 16.1 Å². The standard InChI is InChI=1S/C28H43N2P.C7H8/c1-18(13-15-20(3)27(7,8)9)22(5)25-26(30-24(31)17-29-25)23(6)19(2)14-16-21(4)28(10,11)12;1-7-5-3-2-4-6-7/h13-17H,31H2,1-12H3;2-6H,1H3/b18-13+,19-14+,20-15+,21-16+,25-22-,26-23-;. The van der Waals surface area contributed by atoms with Gasteiger partial charge in [0.2, 0.25) is 0 Å². The lowest BCUT2D eigenvalue weighted by molar-refractivity contribution is 0.504. The Balaban J connectivity index is 0.000000884. The van der Waals surface area contributed by atoms with E-state index in [0.29, 0.717) is 0 Å². The second-order valence-corrected chi connectivity index (χ2v) is 12.9. The summed E-state index contributed by atoms with van der Waals surface area (Å²) in [5.41, 5.74) is 9.93. The molecular weight excluding hydrogens is 479 g/mol. The van der Waals surface area contributed by atoms with E-state index in [2.05, 4.69) is 136 Å². The van der Waals surface area contributed by atoms with Gasteiger partial charge in [-0.3, -0.25) is 4.98 Å². The van der Waals surface area contributed by atoms with E-state index in [9.17, 15) is 0 Å². The fourth-order valence-electron chi connectivity index (χ4n) is 3.10. The van der Waals surface area contributed by atoms with Crippen LogP contribution >= 0.6 is 9.24 Å². The van der Waals surface area contributed by atoms with Crippen molar-refractivity contribution < 1.29 is 0 Å². The van der Waals surface area contributed by atoms with Crippen LogP contribution in [0, 0.1) is 17.8 Å². The lowest BCUT2D eigenvalue weighted by Gasteiger charge is -2.19. The van der Waals surface area contributed by atoms with Gasteiger partial charge in [-0.25, -0.2) is 4.98 Å². The molecule has 0 spiro atoms. The average Bonchev–Trinajstić information content (AvgIpc) is 2.84. The molecule has 1 aromatic heterocycles. The molecule has 0 aliphatic rings. The van der Waals surface area contributed by atoms with Gasteiger partial charge in [-0.15, -0.1) is 0 Å². The minimum atomic E-state index is 0.167. The molecule has 2 aromatic rings.